The van der Waals surface area contributed by atoms with Gasteiger partial charge in [-0.25, -0.2) is 4.57 Å². The summed E-state index contributed by atoms with van der Waals surface area (Å²) in [6.45, 7) is 0. The molecule has 7 heteroatoms. The number of imidazole rings is 1. The van der Waals surface area contributed by atoms with Crippen LogP contribution in [0.5, 0.6) is 0 Å². The third-order valence-electron chi connectivity index (χ3n) is 1.29. The van der Waals surface area contributed by atoms with Crippen LogP contribution in [0.4, 0.5) is 5.82 Å². The highest BCUT2D eigenvalue weighted by Gasteiger charge is 2.22. The molecule has 1 aromatic rings. The lowest BCUT2D eigenvalue weighted by Gasteiger charge is -1.92. The smallest absolute Gasteiger partial charge is 0.358 e. The van der Waals surface area contributed by atoms with E-state index in [1.807, 2.05) is 0 Å². The molecular formula is C5H3BrN4O2. The van der Waals surface area contributed by atoms with Crippen LogP contribution >= 0.6 is 15.9 Å². The fourth-order valence-corrected chi connectivity index (χ4v) is 1.09. The normalized spacial score (nSPS) is 9.42. The van der Waals surface area contributed by atoms with Crippen LogP contribution in [0.2, 0.25) is 0 Å². The molecule has 0 fully saturated rings. The number of nitrogens with zero attached hydrogens (tertiary/aromatic N) is 4. The molecule has 0 amide bonds. The summed E-state index contributed by atoms with van der Waals surface area (Å²) >= 11 is 2.97. The predicted octanol–water partition coefficient (Wildman–Crippen LogP) is 0.962. The summed E-state index contributed by atoms with van der Waals surface area (Å²) in [6, 6.07) is 1.63. The van der Waals surface area contributed by atoms with Gasteiger partial charge in [-0.05, 0) is 4.92 Å². The van der Waals surface area contributed by atoms with Gasteiger partial charge in [0.05, 0.1) is 7.05 Å². The molecule has 0 saturated heterocycles. The number of nitriles is 1. The lowest BCUT2D eigenvalue weighted by Crippen LogP contribution is -1.98. The highest BCUT2D eigenvalue weighted by molar-refractivity contribution is 9.10. The molecule has 0 atom stereocenters. The molecule has 0 aliphatic rings. The zero-order chi connectivity index (χ0) is 9.30. The number of nitro groups is 1. The number of halogens is 1. The average Bonchev–Trinajstić information content (AvgIpc) is 2.28. The van der Waals surface area contributed by atoms with E-state index < -0.39 is 4.92 Å². The Morgan fingerprint density at radius 3 is 2.75 bits per heavy atom. The summed E-state index contributed by atoms with van der Waals surface area (Å²) < 4.78 is 1.46. The highest BCUT2D eigenvalue weighted by Crippen LogP contribution is 2.21. The Morgan fingerprint density at radius 2 is 2.42 bits per heavy atom. The van der Waals surface area contributed by atoms with E-state index in [0.717, 1.165) is 0 Å². The van der Waals surface area contributed by atoms with Crippen molar-refractivity contribution in [3.05, 3.63) is 20.5 Å². The first-order valence-corrected chi connectivity index (χ1v) is 3.64. The van der Waals surface area contributed by atoms with Crippen molar-refractivity contribution in [2.24, 2.45) is 7.05 Å². The third kappa shape index (κ3) is 1.16. The van der Waals surface area contributed by atoms with E-state index in [-0.39, 0.29) is 16.2 Å². The maximum absolute atomic E-state index is 10.4. The number of aromatic nitrogens is 2. The Kier molecular flexibility index (Phi) is 2.10. The van der Waals surface area contributed by atoms with E-state index in [4.69, 9.17) is 5.26 Å². The molecule has 0 N–H and O–H groups in total. The molecule has 6 nitrogen and oxygen atoms in total. The Balaban J connectivity index is 3.44. The molecule has 0 radical (unpaired) electrons. The van der Waals surface area contributed by atoms with E-state index in [0.29, 0.717) is 0 Å². The van der Waals surface area contributed by atoms with Crippen LogP contribution in [0, 0.1) is 21.4 Å². The Hall–Kier alpha value is -1.42. The Labute approximate surface area is 75.7 Å². The van der Waals surface area contributed by atoms with Crippen molar-refractivity contribution >= 4 is 21.7 Å². The average molecular weight is 231 g/mol. The van der Waals surface area contributed by atoms with Crippen molar-refractivity contribution < 1.29 is 4.92 Å². The van der Waals surface area contributed by atoms with E-state index in [9.17, 15) is 10.1 Å². The first-order chi connectivity index (χ1) is 5.57. The van der Waals surface area contributed by atoms with E-state index in [1.54, 1.807) is 6.07 Å². The summed E-state index contributed by atoms with van der Waals surface area (Å²) in [4.78, 5) is 13.4. The SMILES string of the molecule is Cn1c(Br)nc(C#N)c1[N+](=O)[O-]. The highest BCUT2D eigenvalue weighted by atomic mass is 79.9. The molecule has 12 heavy (non-hydrogen) atoms. The van der Waals surface area contributed by atoms with Crippen LogP contribution < -0.4 is 0 Å². The topological polar surface area (TPSA) is 84.8 Å². The van der Waals surface area contributed by atoms with Gasteiger partial charge in [-0.2, -0.15) is 10.2 Å². The summed E-state index contributed by atoms with van der Waals surface area (Å²) in [5.74, 6) is -0.302. The van der Waals surface area contributed by atoms with Gasteiger partial charge in [0, 0.05) is 15.9 Å². The van der Waals surface area contributed by atoms with Crippen molar-refractivity contribution in [1.82, 2.24) is 9.55 Å². The molecule has 0 aromatic carbocycles. The molecule has 0 bridgehead atoms. The molecule has 0 spiro atoms. The van der Waals surface area contributed by atoms with Gasteiger partial charge in [-0.3, -0.25) is 0 Å². The monoisotopic (exact) mass is 230 g/mol. The van der Waals surface area contributed by atoms with Crippen LogP contribution in [0.15, 0.2) is 4.73 Å². The van der Waals surface area contributed by atoms with Crippen LogP contribution in [0.3, 0.4) is 0 Å². The van der Waals surface area contributed by atoms with Crippen molar-refractivity contribution in [2.75, 3.05) is 0 Å². The van der Waals surface area contributed by atoms with Crippen LogP contribution in [0.25, 0.3) is 0 Å². The number of hydrogen-bond donors (Lipinski definition) is 0. The van der Waals surface area contributed by atoms with Gasteiger partial charge in [-0.1, -0.05) is 0 Å². The molecule has 0 aliphatic heterocycles. The van der Waals surface area contributed by atoms with Gasteiger partial charge in [0.25, 0.3) is 4.73 Å². The van der Waals surface area contributed by atoms with Gasteiger partial charge in [0.15, 0.2) is 0 Å². The Morgan fingerprint density at radius 1 is 1.83 bits per heavy atom. The maximum atomic E-state index is 10.4. The molecule has 0 unspecified atom stereocenters. The van der Waals surface area contributed by atoms with Gasteiger partial charge in [0.1, 0.15) is 6.07 Å². The third-order valence-corrected chi connectivity index (χ3v) is 2.00. The predicted molar refractivity (Wildman–Crippen MR) is 42.3 cm³/mol. The molecule has 1 aromatic heterocycles. The molecule has 0 aliphatic carbocycles. The first-order valence-electron chi connectivity index (χ1n) is 2.84. The second kappa shape index (κ2) is 2.91. The maximum Gasteiger partial charge on any atom is 0.361 e. The quantitative estimate of drug-likeness (QED) is 0.532. The van der Waals surface area contributed by atoms with Gasteiger partial charge in [-0.15, -0.1) is 0 Å². The lowest BCUT2D eigenvalue weighted by atomic mass is 10.5. The van der Waals surface area contributed by atoms with E-state index in [2.05, 4.69) is 20.9 Å². The minimum atomic E-state index is -0.643. The van der Waals surface area contributed by atoms with Crippen LogP contribution in [0.1, 0.15) is 5.69 Å². The molecule has 1 heterocycles. The molecule has 62 valence electrons. The lowest BCUT2D eigenvalue weighted by molar-refractivity contribution is -0.392. The molecule has 1 rings (SSSR count). The zero-order valence-electron chi connectivity index (χ0n) is 5.98. The van der Waals surface area contributed by atoms with Crippen molar-refractivity contribution in [2.45, 2.75) is 0 Å². The minimum Gasteiger partial charge on any atom is -0.358 e. The summed E-state index contributed by atoms with van der Waals surface area (Å²) in [5.41, 5.74) is -0.186. The summed E-state index contributed by atoms with van der Waals surface area (Å²) in [5, 5.41) is 18.8. The minimum absolute atomic E-state index is 0.186. The fourth-order valence-electron chi connectivity index (χ4n) is 0.747. The van der Waals surface area contributed by atoms with Crippen molar-refractivity contribution in [3.8, 4) is 6.07 Å². The van der Waals surface area contributed by atoms with E-state index in [1.165, 1.54) is 11.6 Å². The van der Waals surface area contributed by atoms with Crippen LogP contribution in [-0.2, 0) is 7.05 Å². The van der Waals surface area contributed by atoms with E-state index >= 15 is 0 Å². The fraction of sp³-hybridized carbons (Fsp3) is 0.200. The van der Waals surface area contributed by atoms with Crippen LogP contribution in [-0.4, -0.2) is 14.5 Å². The van der Waals surface area contributed by atoms with Crippen molar-refractivity contribution in [3.63, 3.8) is 0 Å². The molecular weight excluding hydrogens is 228 g/mol. The number of rotatable bonds is 1. The van der Waals surface area contributed by atoms with Gasteiger partial charge in [0.2, 0.25) is 5.69 Å². The Bertz CT molecular complexity index is 378. The first kappa shape index (κ1) is 8.67. The second-order valence-corrected chi connectivity index (χ2v) is 2.69. The second-order valence-electron chi connectivity index (χ2n) is 1.98. The summed E-state index contributed by atoms with van der Waals surface area (Å²) in [7, 11) is 1.45. The van der Waals surface area contributed by atoms with Gasteiger partial charge >= 0.3 is 5.82 Å². The van der Waals surface area contributed by atoms with Gasteiger partial charge < -0.3 is 10.1 Å². The largest absolute Gasteiger partial charge is 0.361 e. The van der Waals surface area contributed by atoms with Crippen molar-refractivity contribution in [1.29, 1.82) is 5.26 Å². The molecule has 0 saturated carbocycles. The number of hydrogen-bond acceptors (Lipinski definition) is 4. The zero-order valence-corrected chi connectivity index (χ0v) is 7.57. The standard InChI is InChI=1S/C5H3BrN4O2/c1-9-4(10(11)12)3(2-7)8-5(9)6/h1H3. The summed E-state index contributed by atoms with van der Waals surface area (Å²) in [6.07, 6.45) is 0.